The van der Waals surface area contributed by atoms with Crippen LogP contribution in [-0.2, 0) is 16.1 Å². The van der Waals surface area contributed by atoms with Gasteiger partial charge in [-0.15, -0.1) is 0 Å². The Bertz CT molecular complexity index is 292. The van der Waals surface area contributed by atoms with Gasteiger partial charge < -0.3 is 9.47 Å². The minimum atomic E-state index is -0.172. The van der Waals surface area contributed by atoms with Crippen LogP contribution in [0.4, 0.5) is 0 Å². The van der Waals surface area contributed by atoms with Crippen LogP contribution in [0.5, 0.6) is 0 Å². The second-order valence-electron chi connectivity index (χ2n) is 2.98. The maximum absolute atomic E-state index is 5.58. The monoisotopic (exact) mass is 336 g/mol. The van der Waals surface area contributed by atoms with Crippen molar-refractivity contribution in [1.82, 2.24) is 0 Å². The molecule has 1 aromatic carbocycles. The maximum Gasteiger partial charge on any atom is 0.167 e. The Labute approximate surface area is 107 Å². The van der Waals surface area contributed by atoms with Gasteiger partial charge in [-0.3, -0.25) is 0 Å². The molecule has 0 heterocycles. The highest BCUT2D eigenvalue weighted by Gasteiger charge is 2.06. The van der Waals surface area contributed by atoms with Crippen LogP contribution >= 0.6 is 31.9 Å². The van der Waals surface area contributed by atoms with Gasteiger partial charge in [0.15, 0.2) is 6.29 Å². The van der Waals surface area contributed by atoms with Gasteiger partial charge in [0.25, 0.3) is 0 Å². The third kappa shape index (κ3) is 5.11. The van der Waals surface area contributed by atoms with Gasteiger partial charge in [0.05, 0.1) is 11.9 Å². The summed E-state index contributed by atoms with van der Waals surface area (Å²) in [5.74, 6) is 0. The molecule has 2 nitrogen and oxygen atoms in total. The Morgan fingerprint density at radius 1 is 1.33 bits per heavy atom. The Kier molecular flexibility index (Phi) is 6.48. The van der Waals surface area contributed by atoms with Crippen LogP contribution in [0, 0.1) is 0 Å². The second kappa shape index (κ2) is 7.39. The van der Waals surface area contributed by atoms with Crippen LogP contribution in [-0.4, -0.2) is 18.2 Å². The van der Waals surface area contributed by atoms with E-state index in [0.717, 1.165) is 10.0 Å². The lowest BCUT2D eigenvalue weighted by molar-refractivity contribution is -0.130. The van der Waals surface area contributed by atoms with Gasteiger partial charge in [-0.1, -0.05) is 44.0 Å². The summed E-state index contributed by atoms with van der Waals surface area (Å²) in [6.07, 6.45) is -0.172. The van der Waals surface area contributed by atoms with Crippen molar-refractivity contribution in [1.29, 1.82) is 0 Å². The highest BCUT2D eigenvalue weighted by molar-refractivity contribution is 9.10. The molecule has 0 saturated carbocycles. The zero-order chi connectivity index (χ0) is 11.1. The summed E-state index contributed by atoms with van der Waals surface area (Å²) in [4.78, 5) is 0. The van der Waals surface area contributed by atoms with Gasteiger partial charge in [0.1, 0.15) is 0 Å². The smallest absolute Gasteiger partial charge is 0.167 e. The van der Waals surface area contributed by atoms with E-state index in [4.69, 9.17) is 9.47 Å². The average Bonchev–Trinajstić information content (AvgIpc) is 2.24. The lowest BCUT2D eigenvalue weighted by atomic mass is 10.2. The molecule has 0 amide bonds. The van der Waals surface area contributed by atoms with Crippen molar-refractivity contribution >= 4 is 31.9 Å². The number of halogens is 2. The number of ether oxygens (including phenoxy) is 2. The molecule has 0 aliphatic carbocycles. The second-order valence-corrected chi connectivity index (χ2v) is 4.54. The molecule has 0 aliphatic heterocycles. The molecule has 84 valence electrons. The molecule has 0 aliphatic rings. The molecule has 1 aromatic rings. The molecule has 0 saturated heterocycles. The van der Waals surface area contributed by atoms with E-state index in [0.29, 0.717) is 18.5 Å². The van der Waals surface area contributed by atoms with E-state index < -0.39 is 0 Å². The molecule has 0 radical (unpaired) electrons. The molecule has 0 N–H and O–H groups in total. The summed E-state index contributed by atoms with van der Waals surface area (Å²) in [5.41, 5.74) is 1.13. The summed E-state index contributed by atoms with van der Waals surface area (Å²) < 4.78 is 12.0. The fourth-order valence-electron chi connectivity index (χ4n) is 1.14. The summed E-state index contributed by atoms with van der Waals surface area (Å²) in [6.45, 7) is 3.18. The van der Waals surface area contributed by atoms with Crippen molar-refractivity contribution in [2.24, 2.45) is 0 Å². The molecule has 1 rings (SSSR count). The zero-order valence-electron chi connectivity index (χ0n) is 8.58. The number of hydrogen-bond acceptors (Lipinski definition) is 2. The minimum absolute atomic E-state index is 0.172. The third-order valence-electron chi connectivity index (χ3n) is 1.80. The minimum Gasteiger partial charge on any atom is -0.352 e. The Balaban J connectivity index is 2.41. The molecular formula is C11H14Br2O2. The molecule has 0 aromatic heterocycles. The maximum atomic E-state index is 5.58. The van der Waals surface area contributed by atoms with Gasteiger partial charge in [-0.05, 0) is 24.6 Å². The topological polar surface area (TPSA) is 18.5 Å². The first-order chi connectivity index (χ1) is 7.26. The zero-order valence-corrected chi connectivity index (χ0v) is 11.8. The van der Waals surface area contributed by atoms with Crippen molar-refractivity contribution in [3.63, 3.8) is 0 Å². The molecule has 1 atom stereocenters. The lowest BCUT2D eigenvalue weighted by Gasteiger charge is -2.15. The fraction of sp³-hybridized carbons (Fsp3) is 0.455. The molecule has 0 spiro atoms. The first-order valence-corrected chi connectivity index (χ1v) is 6.71. The predicted octanol–water partition coefficient (Wildman–Crippen LogP) is 3.72. The highest BCUT2D eigenvalue weighted by atomic mass is 79.9. The molecule has 15 heavy (non-hydrogen) atoms. The van der Waals surface area contributed by atoms with Crippen LogP contribution in [0.3, 0.4) is 0 Å². The van der Waals surface area contributed by atoms with Gasteiger partial charge in [-0.2, -0.15) is 0 Å². The van der Waals surface area contributed by atoms with Crippen molar-refractivity contribution < 1.29 is 9.47 Å². The average molecular weight is 338 g/mol. The summed E-state index contributed by atoms with van der Waals surface area (Å²) in [7, 11) is 0. The van der Waals surface area contributed by atoms with E-state index >= 15 is 0 Å². The number of rotatable bonds is 6. The van der Waals surface area contributed by atoms with Crippen molar-refractivity contribution in [3.05, 3.63) is 34.3 Å². The Morgan fingerprint density at radius 2 is 2.13 bits per heavy atom. The quantitative estimate of drug-likeness (QED) is 0.581. The van der Waals surface area contributed by atoms with E-state index in [-0.39, 0.29) is 6.29 Å². The lowest BCUT2D eigenvalue weighted by Crippen LogP contribution is -2.18. The van der Waals surface area contributed by atoms with Crippen molar-refractivity contribution in [3.8, 4) is 0 Å². The van der Waals surface area contributed by atoms with Crippen LogP contribution < -0.4 is 0 Å². The summed E-state index contributed by atoms with van der Waals surface area (Å²) >= 11 is 6.77. The van der Waals surface area contributed by atoms with Crippen molar-refractivity contribution in [2.45, 2.75) is 19.8 Å². The van der Waals surface area contributed by atoms with E-state index in [1.807, 2.05) is 31.2 Å². The van der Waals surface area contributed by atoms with Crippen molar-refractivity contribution in [2.75, 3.05) is 11.9 Å². The summed E-state index contributed by atoms with van der Waals surface area (Å²) in [6, 6.07) is 8.06. The third-order valence-corrected chi connectivity index (χ3v) is 2.83. The van der Waals surface area contributed by atoms with E-state index in [1.165, 1.54) is 0 Å². The molecular weight excluding hydrogens is 324 g/mol. The van der Waals surface area contributed by atoms with E-state index in [2.05, 4.69) is 31.9 Å². The van der Waals surface area contributed by atoms with Crippen LogP contribution in [0.1, 0.15) is 12.5 Å². The SMILES string of the molecule is CCOC(CBr)OCc1cccc(Br)c1. The number of benzene rings is 1. The van der Waals surface area contributed by atoms with Crippen LogP contribution in [0.15, 0.2) is 28.7 Å². The predicted molar refractivity (Wildman–Crippen MR) is 68.1 cm³/mol. The fourth-order valence-corrected chi connectivity index (χ4v) is 1.96. The normalized spacial score (nSPS) is 12.7. The first kappa shape index (κ1) is 13.2. The van der Waals surface area contributed by atoms with Gasteiger partial charge in [0, 0.05) is 11.1 Å². The number of hydrogen-bond donors (Lipinski definition) is 0. The van der Waals surface area contributed by atoms with Gasteiger partial charge in [0.2, 0.25) is 0 Å². The largest absolute Gasteiger partial charge is 0.352 e. The number of alkyl halides is 1. The molecule has 0 fully saturated rings. The summed E-state index contributed by atoms with van der Waals surface area (Å²) in [5, 5.41) is 0.689. The van der Waals surface area contributed by atoms with Crippen LogP contribution in [0.25, 0.3) is 0 Å². The Morgan fingerprint density at radius 3 is 2.73 bits per heavy atom. The van der Waals surface area contributed by atoms with E-state index in [1.54, 1.807) is 0 Å². The molecule has 4 heteroatoms. The first-order valence-electron chi connectivity index (χ1n) is 4.80. The van der Waals surface area contributed by atoms with E-state index in [9.17, 15) is 0 Å². The highest BCUT2D eigenvalue weighted by Crippen LogP contribution is 2.13. The van der Waals surface area contributed by atoms with Gasteiger partial charge >= 0.3 is 0 Å². The standard InChI is InChI=1S/C11H14Br2O2/c1-2-14-11(7-12)15-8-9-4-3-5-10(13)6-9/h3-6,11H,2,7-8H2,1H3. The molecule has 1 unspecified atom stereocenters. The van der Waals surface area contributed by atoms with Gasteiger partial charge in [-0.25, -0.2) is 0 Å². The molecule has 0 bridgehead atoms. The van der Waals surface area contributed by atoms with Crippen LogP contribution in [0.2, 0.25) is 0 Å². The Hall–Kier alpha value is 0.100.